The van der Waals surface area contributed by atoms with Gasteiger partial charge in [-0.3, -0.25) is 0 Å². The molecule has 1 N–H and O–H groups in total. The lowest BCUT2D eigenvalue weighted by molar-refractivity contribution is 0.0697. The van der Waals surface area contributed by atoms with Crippen molar-refractivity contribution in [2.75, 3.05) is 0 Å². The van der Waals surface area contributed by atoms with Crippen LogP contribution in [0.5, 0.6) is 0 Å². The van der Waals surface area contributed by atoms with Crippen LogP contribution < -0.4 is 0 Å². The molecule has 0 fully saturated rings. The van der Waals surface area contributed by atoms with Crippen LogP contribution in [0.1, 0.15) is 105 Å². The zero-order chi connectivity index (χ0) is 24.8. The largest absolute Gasteiger partial charge is 0.478 e. The fourth-order valence-corrected chi connectivity index (χ4v) is 4.77. The molecule has 0 unspecified atom stereocenters. The van der Waals surface area contributed by atoms with E-state index >= 15 is 0 Å². The second-order valence-corrected chi connectivity index (χ2v) is 10.8. The van der Waals surface area contributed by atoms with Gasteiger partial charge < -0.3 is 5.11 Å². The van der Waals surface area contributed by atoms with E-state index in [9.17, 15) is 4.79 Å². The number of fused-ring (bicyclic) bond motifs is 1. The predicted molar refractivity (Wildman–Crippen MR) is 146 cm³/mol. The first-order valence-electron chi connectivity index (χ1n) is 12.6. The molecule has 0 amide bonds. The Labute approximate surface area is 206 Å². The van der Waals surface area contributed by atoms with E-state index in [1.165, 1.54) is 35.1 Å². The quantitative estimate of drug-likeness (QED) is 0.233. The molecule has 1 aliphatic carbocycles. The van der Waals surface area contributed by atoms with Crippen molar-refractivity contribution in [3.63, 3.8) is 0 Å². The van der Waals surface area contributed by atoms with Crippen LogP contribution in [0.4, 0.5) is 0 Å². The number of hydrogen-bond acceptors (Lipinski definition) is 1. The first kappa shape index (κ1) is 25.7. The number of carboxylic acids is 1. The van der Waals surface area contributed by atoms with Crippen LogP contribution in [-0.2, 0) is 17.3 Å². The highest BCUT2D eigenvalue weighted by Gasteiger charge is 2.37. The molecule has 0 bridgehead atoms. The maximum absolute atomic E-state index is 11.2. The zero-order valence-electron chi connectivity index (χ0n) is 21.5. The molecule has 0 radical (unpaired) electrons. The Balaban J connectivity index is 1.92. The Hall–Kier alpha value is -2.87. The number of allylic oxidation sites excluding steroid dienone is 4. The second-order valence-electron chi connectivity index (χ2n) is 10.8. The van der Waals surface area contributed by atoms with Crippen molar-refractivity contribution in [1.29, 1.82) is 0 Å². The van der Waals surface area contributed by atoms with Crippen LogP contribution in [0.25, 0.3) is 12.2 Å². The Morgan fingerprint density at radius 2 is 1.53 bits per heavy atom. The van der Waals surface area contributed by atoms with E-state index in [-0.39, 0.29) is 10.8 Å². The van der Waals surface area contributed by atoms with Crippen molar-refractivity contribution in [2.45, 2.75) is 84.0 Å². The summed E-state index contributed by atoms with van der Waals surface area (Å²) in [6, 6.07) is 12.0. The third-order valence-corrected chi connectivity index (χ3v) is 7.16. The van der Waals surface area contributed by atoms with Crippen molar-refractivity contribution in [2.24, 2.45) is 0 Å². The van der Waals surface area contributed by atoms with Crippen molar-refractivity contribution < 1.29 is 9.90 Å². The maximum Gasteiger partial charge on any atom is 0.335 e. The topological polar surface area (TPSA) is 37.3 Å². The van der Waals surface area contributed by atoms with Crippen LogP contribution in [0.2, 0.25) is 0 Å². The lowest BCUT2D eigenvalue weighted by Crippen LogP contribution is -2.34. The van der Waals surface area contributed by atoms with Crippen LogP contribution in [-0.4, -0.2) is 11.1 Å². The molecule has 0 aliphatic heterocycles. The molecule has 0 saturated carbocycles. The molecule has 2 heteroatoms. The molecule has 2 aromatic carbocycles. The van der Waals surface area contributed by atoms with Crippen molar-refractivity contribution >= 4 is 18.1 Å². The number of carbonyl (C=O) groups is 1. The van der Waals surface area contributed by atoms with Crippen LogP contribution >= 0.6 is 0 Å². The van der Waals surface area contributed by atoms with Gasteiger partial charge in [0, 0.05) is 0 Å². The van der Waals surface area contributed by atoms with E-state index in [1.807, 2.05) is 12.1 Å². The van der Waals surface area contributed by atoms with Gasteiger partial charge in [-0.05, 0) is 89.3 Å². The Morgan fingerprint density at radius 3 is 2.15 bits per heavy atom. The summed E-state index contributed by atoms with van der Waals surface area (Å²) in [5.74, 6) is -0.892. The minimum absolute atomic E-state index is 0.170. The van der Waals surface area contributed by atoms with Gasteiger partial charge in [0.15, 0.2) is 0 Å². The molecule has 34 heavy (non-hydrogen) atoms. The van der Waals surface area contributed by atoms with E-state index < -0.39 is 5.97 Å². The maximum atomic E-state index is 11.2. The van der Waals surface area contributed by atoms with Gasteiger partial charge in [-0.2, -0.15) is 0 Å². The van der Waals surface area contributed by atoms with Gasteiger partial charge in [0.2, 0.25) is 0 Å². The van der Waals surface area contributed by atoms with Crippen molar-refractivity contribution in [3.05, 3.63) is 94.1 Å². The third-order valence-electron chi connectivity index (χ3n) is 7.16. The molecule has 3 rings (SSSR count). The smallest absolute Gasteiger partial charge is 0.335 e. The summed E-state index contributed by atoms with van der Waals surface area (Å²) in [5, 5.41) is 9.16. The molecular formula is C32H40O2. The molecule has 0 spiro atoms. The molecular weight excluding hydrogens is 416 g/mol. The summed E-state index contributed by atoms with van der Waals surface area (Å²) in [4.78, 5) is 11.2. The highest BCUT2D eigenvalue weighted by molar-refractivity contribution is 5.88. The average Bonchev–Trinajstić information content (AvgIpc) is 2.80. The highest BCUT2D eigenvalue weighted by Crippen LogP contribution is 2.46. The number of benzene rings is 2. The third kappa shape index (κ3) is 6.38. The Kier molecular flexibility index (Phi) is 8.36. The molecule has 0 aromatic heterocycles. The van der Waals surface area contributed by atoms with Gasteiger partial charge >= 0.3 is 5.97 Å². The van der Waals surface area contributed by atoms with Crippen LogP contribution in [0, 0.1) is 0 Å². The summed E-state index contributed by atoms with van der Waals surface area (Å²) in [6.07, 6.45) is 19.8. The fourth-order valence-electron chi connectivity index (χ4n) is 4.77. The normalized spacial score (nSPS) is 17.0. The fraction of sp³-hybridized carbons (Fsp3) is 0.406. The van der Waals surface area contributed by atoms with Gasteiger partial charge in [0.1, 0.15) is 0 Å². The van der Waals surface area contributed by atoms with E-state index in [1.54, 1.807) is 12.1 Å². The summed E-state index contributed by atoms with van der Waals surface area (Å²) < 4.78 is 0. The van der Waals surface area contributed by atoms with Crippen LogP contribution in [0.3, 0.4) is 0 Å². The predicted octanol–water partition coefficient (Wildman–Crippen LogP) is 8.75. The average molecular weight is 457 g/mol. The molecule has 2 aromatic rings. The minimum Gasteiger partial charge on any atom is -0.478 e. The summed E-state index contributed by atoms with van der Waals surface area (Å²) in [7, 11) is 0. The number of hydrogen-bond donors (Lipinski definition) is 1. The van der Waals surface area contributed by atoms with E-state index in [0.717, 1.165) is 31.2 Å². The SMILES string of the molecule is CC/C=C\C=C/CCCc1cc2c(cc1/C=C/c1ccc(C(=O)O)cc1)C(C)(C)CCC2(C)C. The molecule has 1 aliphatic rings. The van der Waals surface area contributed by atoms with Gasteiger partial charge in [-0.25, -0.2) is 4.79 Å². The summed E-state index contributed by atoms with van der Waals surface area (Å²) >= 11 is 0. The van der Waals surface area contributed by atoms with E-state index in [0.29, 0.717) is 5.56 Å². The molecule has 0 saturated heterocycles. The van der Waals surface area contributed by atoms with Gasteiger partial charge in [0.05, 0.1) is 5.56 Å². The minimum atomic E-state index is -0.892. The number of unbranched alkanes of at least 4 members (excludes halogenated alkanes) is 1. The Bertz CT molecular complexity index is 1080. The van der Waals surface area contributed by atoms with Gasteiger partial charge in [0.25, 0.3) is 0 Å². The first-order chi connectivity index (χ1) is 16.1. The van der Waals surface area contributed by atoms with Crippen molar-refractivity contribution in [3.8, 4) is 0 Å². The molecule has 180 valence electrons. The van der Waals surface area contributed by atoms with E-state index in [4.69, 9.17) is 5.11 Å². The first-order valence-corrected chi connectivity index (χ1v) is 12.6. The lowest BCUT2D eigenvalue weighted by atomic mass is 9.62. The number of carboxylic acid groups (broad SMARTS) is 1. The monoisotopic (exact) mass is 456 g/mol. The van der Waals surface area contributed by atoms with Gasteiger partial charge in [-0.15, -0.1) is 0 Å². The molecule has 0 heterocycles. The van der Waals surface area contributed by atoms with Gasteiger partial charge in [-0.1, -0.05) is 95.3 Å². The lowest BCUT2D eigenvalue weighted by Gasteiger charge is -2.42. The van der Waals surface area contributed by atoms with Crippen LogP contribution in [0.15, 0.2) is 60.7 Å². The van der Waals surface area contributed by atoms with E-state index in [2.05, 4.69) is 83.2 Å². The summed E-state index contributed by atoms with van der Waals surface area (Å²) in [5.41, 5.74) is 7.35. The number of rotatable bonds is 9. The Morgan fingerprint density at radius 1 is 0.912 bits per heavy atom. The number of aryl methyl sites for hydroxylation is 1. The molecule has 2 nitrogen and oxygen atoms in total. The highest BCUT2D eigenvalue weighted by atomic mass is 16.4. The molecule has 0 atom stereocenters. The van der Waals surface area contributed by atoms with Crippen molar-refractivity contribution in [1.82, 2.24) is 0 Å². The zero-order valence-corrected chi connectivity index (χ0v) is 21.5. The number of aromatic carboxylic acids is 1. The summed E-state index contributed by atoms with van der Waals surface area (Å²) in [6.45, 7) is 11.7. The second kappa shape index (κ2) is 11.0. The standard InChI is InChI=1S/C32H40O2/c1-6-7-8-9-10-11-12-13-26-22-28-29(32(4,5)21-20-31(28,2)3)23-27(26)19-16-24-14-17-25(18-15-24)30(33)34/h7-10,14-19,22-23H,6,11-13,20-21H2,1-5H3,(H,33,34)/b8-7-,10-9-,19-16+.